The molecule has 1 fully saturated rings. The molecule has 0 radical (unpaired) electrons. The molecule has 1 amide bonds. The van der Waals surface area contributed by atoms with Crippen LogP contribution in [0, 0.1) is 0 Å². The first-order chi connectivity index (χ1) is 13.8. The van der Waals surface area contributed by atoms with Crippen LogP contribution in [0.15, 0.2) is 24.5 Å². The molecule has 1 unspecified atom stereocenters. The maximum Gasteiger partial charge on any atom is 0.410 e. The fourth-order valence-electron chi connectivity index (χ4n) is 4.21. The number of anilines is 1. The first kappa shape index (κ1) is 19.8. The number of carbonyl (C=O) groups excluding carboxylic acids is 1. The van der Waals surface area contributed by atoms with Crippen molar-refractivity contribution in [3.63, 3.8) is 0 Å². The van der Waals surface area contributed by atoms with E-state index in [0.29, 0.717) is 31.0 Å². The van der Waals surface area contributed by atoms with Crippen LogP contribution in [0.1, 0.15) is 50.3 Å². The number of fused-ring (bicyclic) bond motifs is 1. The summed E-state index contributed by atoms with van der Waals surface area (Å²) in [5.41, 5.74) is 0.620. The number of halogens is 3. The highest BCUT2D eigenvalue weighted by Gasteiger charge is 2.46. The van der Waals surface area contributed by atoms with Crippen LogP contribution in [-0.2, 0) is 11.3 Å². The molecule has 2 aliphatic rings. The Kier molecular flexibility index (Phi) is 5.26. The Labute approximate surface area is 166 Å². The molecule has 2 aromatic rings. The van der Waals surface area contributed by atoms with Gasteiger partial charge in [-0.15, -0.1) is 0 Å². The molecule has 3 atom stereocenters. The zero-order valence-electron chi connectivity index (χ0n) is 16.3. The second-order valence-electron chi connectivity index (χ2n) is 7.82. The zero-order chi connectivity index (χ0) is 20.6. The van der Waals surface area contributed by atoms with E-state index in [1.165, 1.54) is 0 Å². The monoisotopic (exact) mass is 410 g/mol. The normalized spacial score (nSPS) is 24.8. The summed E-state index contributed by atoms with van der Waals surface area (Å²) in [5, 5.41) is 11.6. The van der Waals surface area contributed by atoms with Crippen molar-refractivity contribution in [1.82, 2.24) is 24.5 Å². The molecule has 2 aliphatic heterocycles. The number of hydrogen-bond donors (Lipinski definition) is 1. The van der Waals surface area contributed by atoms with E-state index in [1.807, 2.05) is 6.92 Å². The maximum atomic E-state index is 13.6. The summed E-state index contributed by atoms with van der Waals surface area (Å²) in [6, 6.07) is 1.65. The van der Waals surface area contributed by atoms with Gasteiger partial charge >= 0.3 is 6.18 Å². The quantitative estimate of drug-likeness (QED) is 0.841. The van der Waals surface area contributed by atoms with E-state index in [9.17, 15) is 18.0 Å². The smallest absolute Gasteiger partial charge is 0.367 e. The Morgan fingerprint density at radius 1 is 1.38 bits per heavy atom. The molecule has 0 saturated carbocycles. The molecule has 4 rings (SSSR count). The Morgan fingerprint density at radius 3 is 2.90 bits per heavy atom. The summed E-state index contributed by atoms with van der Waals surface area (Å²) in [7, 11) is 0. The first-order valence-electron chi connectivity index (χ1n) is 10.0. The lowest BCUT2D eigenvalue weighted by atomic mass is 9.94. The van der Waals surface area contributed by atoms with Crippen LogP contribution in [0.2, 0.25) is 0 Å². The molecule has 2 aromatic heterocycles. The number of rotatable bonds is 4. The van der Waals surface area contributed by atoms with Gasteiger partial charge in [0.1, 0.15) is 12.4 Å². The number of nitrogens with one attached hydrogen (secondary N) is 1. The van der Waals surface area contributed by atoms with Gasteiger partial charge in [-0.1, -0.05) is 6.92 Å². The van der Waals surface area contributed by atoms with Crippen molar-refractivity contribution in [2.75, 3.05) is 18.4 Å². The third-order valence-electron chi connectivity index (χ3n) is 5.83. The minimum atomic E-state index is -4.34. The Morgan fingerprint density at radius 2 is 2.21 bits per heavy atom. The van der Waals surface area contributed by atoms with E-state index in [2.05, 4.69) is 15.5 Å². The zero-order valence-corrected chi connectivity index (χ0v) is 16.3. The Hall–Kier alpha value is -2.52. The van der Waals surface area contributed by atoms with E-state index in [4.69, 9.17) is 0 Å². The molecular formula is C19H25F3N6O. The van der Waals surface area contributed by atoms with Crippen molar-refractivity contribution in [3.05, 3.63) is 30.2 Å². The van der Waals surface area contributed by atoms with Crippen molar-refractivity contribution in [2.45, 2.75) is 63.3 Å². The highest BCUT2D eigenvalue weighted by molar-refractivity contribution is 5.76. The molecule has 1 saturated heterocycles. The van der Waals surface area contributed by atoms with Gasteiger partial charge in [0.2, 0.25) is 5.91 Å². The summed E-state index contributed by atoms with van der Waals surface area (Å²) in [6.45, 7) is 3.15. The van der Waals surface area contributed by atoms with Crippen LogP contribution < -0.4 is 5.32 Å². The second-order valence-corrected chi connectivity index (χ2v) is 7.82. The van der Waals surface area contributed by atoms with Gasteiger partial charge in [0.05, 0.1) is 5.69 Å². The van der Waals surface area contributed by atoms with Crippen LogP contribution >= 0.6 is 0 Å². The maximum absolute atomic E-state index is 13.6. The molecule has 0 bridgehead atoms. The average molecular weight is 410 g/mol. The highest BCUT2D eigenvalue weighted by Crippen LogP contribution is 2.41. The van der Waals surface area contributed by atoms with E-state index in [1.54, 1.807) is 34.1 Å². The number of aromatic nitrogens is 4. The van der Waals surface area contributed by atoms with Crippen molar-refractivity contribution < 1.29 is 18.0 Å². The van der Waals surface area contributed by atoms with Gasteiger partial charge in [0.25, 0.3) is 0 Å². The molecule has 4 heterocycles. The third-order valence-corrected chi connectivity index (χ3v) is 5.83. The largest absolute Gasteiger partial charge is 0.410 e. The predicted octanol–water partition coefficient (Wildman–Crippen LogP) is 3.18. The molecule has 1 N–H and O–H groups in total. The lowest BCUT2D eigenvalue weighted by Crippen LogP contribution is -2.41. The van der Waals surface area contributed by atoms with E-state index >= 15 is 0 Å². The first-order valence-corrected chi connectivity index (χ1v) is 10.0. The Bertz CT molecular complexity index is 847. The third kappa shape index (κ3) is 4.11. The fourth-order valence-corrected chi connectivity index (χ4v) is 4.21. The predicted molar refractivity (Wildman–Crippen MR) is 100 cm³/mol. The SMILES string of the molecule is CC[C@@H]1C[C@H](C(F)(F)F)n2nc(C3CCCN(C(=O)Cn4cccn4)C3)cc2N1. The van der Waals surface area contributed by atoms with Gasteiger partial charge in [0, 0.05) is 43.5 Å². The summed E-state index contributed by atoms with van der Waals surface area (Å²) < 4.78 is 43.4. The average Bonchev–Trinajstić information content (AvgIpc) is 3.35. The molecule has 10 heteroatoms. The van der Waals surface area contributed by atoms with Gasteiger partial charge in [-0.25, -0.2) is 4.68 Å². The lowest BCUT2D eigenvalue weighted by Gasteiger charge is -2.33. The standard InChI is InChI=1S/C19H25F3N6O/c1-2-14-9-16(19(20,21)22)28-17(24-14)10-15(25-28)13-5-3-7-26(11-13)18(29)12-27-8-4-6-23-27/h4,6,8,10,13-14,16,24H,2-3,5,7,9,11-12H2,1H3/t13?,14-,16-/m1/s1. The molecule has 0 spiro atoms. The summed E-state index contributed by atoms with van der Waals surface area (Å²) >= 11 is 0. The van der Waals surface area contributed by atoms with Crippen molar-refractivity contribution in [2.24, 2.45) is 0 Å². The molecule has 0 aromatic carbocycles. The van der Waals surface area contributed by atoms with Crippen LogP contribution in [0.4, 0.5) is 19.0 Å². The van der Waals surface area contributed by atoms with Gasteiger partial charge in [-0.05, 0) is 31.7 Å². The molecule has 29 heavy (non-hydrogen) atoms. The molecule has 158 valence electrons. The van der Waals surface area contributed by atoms with Crippen molar-refractivity contribution in [3.8, 4) is 0 Å². The van der Waals surface area contributed by atoms with Gasteiger partial charge in [0.15, 0.2) is 6.04 Å². The van der Waals surface area contributed by atoms with Crippen LogP contribution in [0.3, 0.4) is 0 Å². The number of carbonyl (C=O) groups is 1. The number of amides is 1. The van der Waals surface area contributed by atoms with E-state index < -0.39 is 12.2 Å². The number of hydrogen-bond acceptors (Lipinski definition) is 4. The molecule has 7 nitrogen and oxygen atoms in total. The number of nitrogens with zero attached hydrogens (tertiary/aromatic N) is 5. The fraction of sp³-hybridized carbons (Fsp3) is 0.632. The lowest BCUT2D eigenvalue weighted by molar-refractivity contribution is -0.173. The van der Waals surface area contributed by atoms with Gasteiger partial charge in [-0.2, -0.15) is 23.4 Å². The number of piperidine rings is 1. The minimum Gasteiger partial charge on any atom is -0.367 e. The van der Waals surface area contributed by atoms with E-state index in [0.717, 1.165) is 17.5 Å². The van der Waals surface area contributed by atoms with Crippen LogP contribution in [0.25, 0.3) is 0 Å². The van der Waals surface area contributed by atoms with E-state index in [-0.39, 0.29) is 30.8 Å². The number of alkyl halides is 3. The highest BCUT2D eigenvalue weighted by atomic mass is 19.4. The number of likely N-dealkylation sites (tertiary alicyclic amines) is 1. The second kappa shape index (κ2) is 7.72. The van der Waals surface area contributed by atoms with Gasteiger partial charge < -0.3 is 10.2 Å². The van der Waals surface area contributed by atoms with Crippen LogP contribution in [-0.4, -0.2) is 55.7 Å². The summed E-state index contributed by atoms with van der Waals surface area (Å²) in [4.78, 5) is 14.3. The summed E-state index contributed by atoms with van der Waals surface area (Å²) in [6.07, 6.45) is 1.21. The van der Waals surface area contributed by atoms with Gasteiger partial charge in [-0.3, -0.25) is 9.48 Å². The van der Waals surface area contributed by atoms with Crippen LogP contribution in [0.5, 0.6) is 0 Å². The van der Waals surface area contributed by atoms with Crippen molar-refractivity contribution in [1.29, 1.82) is 0 Å². The molecular weight excluding hydrogens is 385 g/mol. The molecule has 0 aliphatic carbocycles. The van der Waals surface area contributed by atoms with Crippen molar-refractivity contribution >= 4 is 11.7 Å². The minimum absolute atomic E-state index is 0.0206. The summed E-state index contributed by atoms with van der Waals surface area (Å²) in [5.74, 6) is 0.305. The topological polar surface area (TPSA) is 68.0 Å². The Balaban J connectivity index is 1.51.